The average molecular weight is 568 g/mol. The Morgan fingerprint density at radius 3 is 2.55 bits per heavy atom. The zero-order valence-corrected chi connectivity index (χ0v) is 22.8. The molecule has 40 heavy (non-hydrogen) atoms. The van der Waals surface area contributed by atoms with Gasteiger partial charge in [-0.1, -0.05) is 24.3 Å². The first-order valence-corrected chi connectivity index (χ1v) is 13.8. The molecule has 0 aromatic heterocycles. The molecule has 1 aliphatic rings. The topological polar surface area (TPSA) is 144 Å². The number of nitrogens with one attached hydrogen (secondary N) is 1. The van der Waals surface area contributed by atoms with Crippen molar-refractivity contribution in [3.63, 3.8) is 0 Å². The van der Waals surface area contributed by atoms with E-state index in [2.05, 4.69) is 10.5 Å². The second kappa shape index (κ2) is 12.6. The smallest absolute Gasteiger partial charge is 0.270 e. The minimum atomic E-state index is -4.16. The van der Waals surface area contributed by atoms with Gasteiger partial charge in [-0.15, -0.1) is 0 Å². The standard InChI is InChI=1S/C27H29N5O7S/c1-20-8-11-26(38-2)25(16-20)31(40(36,37)23-6-4-3-5-7-23)19-27(33)29-28-18-21-17-22(32(34)35)9-10-24(21)30-12-14-39-15-13-30/h3-11,16-18H,12-15,19H2,1-2H3,(H,29,33)/b28-18-. The molecule has 0 saturated carbocycles. The lowest BCUT2D eigenvalue weighted by molar-refractivity contribution is -0.384. The molecule has 0 atom stereocenters. The Hall–Kier alpha value is -4.49. The molecule has 4 rings (SSSR count). The maximum Gasteiger partial charge on any atom is 0.270 e. The van der Waals surface area contributed by atoms with Crippen LogP contribution in [0, 0.1) is 17.0 Å². The highest BCUT2D eigenvalue weighted by atomic mass is 32.2. The molecule has 1 fully saturated rings. The van der Waals surface area contributed by atoms with E-state index in [0.717, 1.165) is 9.87 Å². The quantitative estimate of drug-likeness (QED) is 0.224. The molecule has 1 amide bonds. The van der Waals surface area contributed by atoms with Gasteiger partial charge in [-0.2, -0.15) is 5.10 Å². The van der Waals surface area contributed by atoms with Crippen LogP contribution >= 0.6 is 0 Å². The normalized spacial score (nSPS) is 13.7. The van der Waals surface area contributed by atoms with Gasteiger partial charge in [0.05, 0.1) is 42.0 Å². The number of carbonyl (C=O) groups excluding carboxylic acids is 1. The van der Waals surface area contributed by atoms with Crippen LogP contribution in [0.25, 0.3) is 0 Å². The third-order valence-electron chi connectivity index (χ3n) is 6.19. The summed E-state index contributed by atoms with van der Waals surface area (Å²) in [5.74, 6) is -0.453. The SMILES string of the molecule is COc1ccc(C)cc1N(CC(=O)N/N=C\c1cc([N+](=O)[O-])ccc1N1CCOCC1)S(=O)(=O)c1ccccc1. The molecule has 0 radical (unpaired) electrons. The van der Waals surface area contributed by atoms with E-state index in [-0.39, 0.29) is 22.0 Å². The molecule has 3 aromatic rings. The fourth-order valence-electron chi connectivity index (χ4n) is 4.20. The van der Waals surface area contributed by atoms with Gasteiger partial charge in [-0.05, 0) is 42.8 Å². The summed E-state index contributed by atoms with van der Waals surface area (Å²) in [5.41, 5.74) is 4.31. The molecule has 1 aliphatic heterocycles. The molecule has 1 N–H and O–H groups in total. The lowest BCUT2D eigenvalue weighted by Gasteiger charge is -2.29. The van der Waals surface area contributed by atoms with Crippen molar-refractivity contribution in [2.75, 3.05) is 49.2 Å². The Kier molecular flexibility index (Phi) is 8.97. The lowest BCUT2D eigenvalue weighted by Crippen LogP contribution is -2.40. The molecule has 0 unspecified atom stereocenters. The van der Waals surface area contributed by atoms with Crippen LogP contribution in [0.15, 0.2) is 76.7 Å². The number of benzene rings is 3. The van der Waals surface area contributed by atoms with Crippen LogP contribution in [0.5, 0.6) is 5.75 Å². The Morgan fingerprint density at radius 2 is 1.88 bits per heavy atom. The van der Waals surface area contributed by atoms with Gasteiger partial charge in [-0.3, -0.25) is 19.2 Å². The number of aryl methyl sites for hydroxylation is 1. The maximum atomic E-state index is 13.6. The Morgan fingerprint density at radius 1 is 1.15 bits per heavy atom. The Bertz CT molecular complexity index is 1510. The molecule has 1 saturated heterocycles. The number of hydrogen-bond donors (Lipinski definition) is 1. The van der Waals surface area contributed by atoms with Crippen molar-refractivity contribution < 1.29 is 27.6 Å². The molecular formula is C27H29N5O7S. The number of methoxy groups -OCH3 is 1. The van der Waals surface area contributed by atoms with Gasteiger partial charge in [0.15, 0.2) is 0 Å². The molecule has 0 spiro atoms. The number of nitro benzene ring substituents is 1. The number of nitrogens with zero attached hydrogens (tertiary/aromatic N) is 4. The highest BCUT2D eigenvalue weighted by Gasteiger charge is 2.29. The summed E-state index contributed by atoms with van der Waals surface area (Å²) in [5, 5.41) is 15.4. The number of sulfonamides is 1. The van der Waals surface area contributed by atoms with Gasteiger partial charge in [-0.25, -0.2) is 13.8 Å². The first-order chi connectivity index (χ1) is 19.2. The van der Waals surface area contributed by atoms with Gasteiger partial charge in [0, 0.05) is 36.5 Å². The van der Waals surface area contributed by atoms with Crippen molar-refractivity contribution in [2.45, 2.75) is 11.8 Å². The van der Waals surface area contributed by atoms with E-state index in [1.807, 2.05) is 4.90 Å². The Labute approximate surface area is 232 Å². The van der Waals surface area contributed by atoms with E-state index in [4.69, 9.17) is 9.47 Å². The number of ether oxygens (including phenoxy) is 2. The van der Waals surface area contributed by atoms with Crippen molar-refractivity contribution >= 4 is 39.2 Å². The number of hydrazone groups is 1. The minimum absolute atomic E-state index is 0.00149. The molecule has 1 heterocycles. The third-order valence-corrected chi connectivity index (χ3v) is 7.96. The van der Waals surface area contributed by atoms with Crippen molar-refractivity contribution in [2.24, 2.45) is 5.10 Å². The van der Waals surface area contributed by atoms with Crippen LogP contribution in [0.4, 0.5) is 17.1 Å². The fraction of sp³-hybridized carbons (Fsp3) is 0.259. The largest absolute Gasteiger partial charge is 0.495 e. The third kappa shape index (κ3) is 6.55. The second-order valence-electron chi connectivity index (χ2n) is 8.89. The Balaban J connectivity index is 1.61. The number of carbonyl (C=O) groups is 1. The van der Waals surface area contributed by atoms with Crippen molar-refractivity contribution in [3.05, 3.63) is 88.0 Å². The van der Waals surface area contributed by atoms with E-state index in [1.165, 1.54) is 37.6 Å². The highest BCUT2D eigenvalue weighted by Crippen LogP contribution is 2.33. The predicted molar refractivity (Wildman–Crippen MR) is 151 cm³/mol. The summed E-state index contributed by atoms with van der Waals surface area (Å²) in [6, 6.07) is 17.2. The van der Waals surface area contributed by atoms with Crippen LogP contribution in [0.1, 0.15) is 11.1 Å². The van der Waals surface area contributed by atoms with Crippen LogP contribution in [0.2, 0.25) is 0 Å². The number of amides is 1. The van der Waals surface area contributed by atoms with Crippen molar-refractivity contribution in [3.8, 4) is 5.75 Å². The van der Waals surface area contributed by atoms with Crippen LogP contribution in [0.3, 0.4) is 0 Å². The summed E-state index contributed by atoms with van der Waals surface area (Å²) < 4.78 is 39.0. The number of anilines is 2. The molecule has 210 valence electrons. The van der Waals surface area contributed by atoms with Gasteiger partial charge < -0.3 is 14.4 Å². The zero-order chi connectivity index (χ0) is 28.7. The summed E-state index contributed by atoms with van der Waals surface area (Å²) >= 11 is 0. The van der Waals surface area contributed by atoms with Crippen LogP contribution < -0.4 is 19.4 Å². The molecule has 13 heteroatoms. The fourth-order valence-corrected chi connectivity index (χ4v) is 5.65. The minimum Gasteiger partial charge on any atom is -0.495 e. The summed E-state index contributed by atoms with van der Waals surface area (Å²) in [6.45, 7) is 3.41. The van der Waals surface area contributed by atoms with Crippen molar-refractivity contribution in [1.29, 1.82) is 0 Å². The molecule has 0 aliphatic carbocycles. The number of morpholine rings is 1. The summed E-state index contributed by atoms with van der Waals surface area (Å²) in [4.78, 5) is 25.9. The summed E-state index contributed by atoms with van der Waals surface area (Å²) in [6.07, 6.45) is 1.30. The summed E-state index contributed by atoms with van der Waals surface area (Å²) in [7, 11) is -2.75. The zero-order valence-electron chi connectivity index (χ0n) is 22.0. The van der Waals surface area contributed by atoms with E-state index >= 15 is 0 Å². The lowest BCUT2D eigenvalue weighted by atomic mass is 10.1. The van der Waals surface area contributed by atoms with Gasteiger partial charge in [0.1, 0.15) is 12.3 Å². The van der Waals surface area contributed by atoms with E-state index < -0.39 is 27.4 Å². The molecule has 3 aromatic carbocycles. The average Bonchev–Trinajstić information content (AvgIpc) is 2.96. The molecule has 12 nitrogen and oxygen atoms in total. The van der Waals surface area contributed by atoms with Gasteiger partial charge >= 0.3 is 0 Å². The second-order valence-corrected chi connectivity index (χ2v) is 10.8. The predicted octanol–water partition coefficient (Wildman–Crippen LogP) is 3.09. The first-order valence-electron chi connectivity index (χ1n) is 12.4. The van der Waals surface area contributed by atoms with E-state index in [1.54, 1.807) is 49.4 Å². The molecular weight excluding hydrogens is 538 g/mol. The van der Waals surface area contributed by atoms with Gasteiger partial charge in [0.25, 0.3) is 21.6 Å². The number of nitro groups is 1. The number of non-ortho nitro benzene ring substituents is 1. The number of rotatable bonds is 10. The first kappa shape index (κ1) is 28.5. The van der Waals surface area contributed by atoms with Crippen molar-refractivity contribution in [1.82, 2.24) is 5.43 Å². The molecule has 0 bridgehead atoms. The van der Waals surface area contributed by atoms with Gasteiger partial charge in [0.2, 0.25) is 0 Å². The van der Waals surface area contributed by atoms with E-state index in [0.29, 0.717) is 37.6 Å². The maximum absolute atomic E-state index is 13.6. The van der Waals surface area contributed by atoms with E-state index in [9.17, 15) is 23.3 Å². The highest BCUT2D eigenvalue weighted by molar-refractivity contribution is 7.92. The van der Waals surface area contributed by atoms with Crippen LogP contribution in [-0.2, 0) is 19.6 Å². The monoisotopic (exact) mass is 567 g/mol. The van der Waals surface area contributed by atoms with Crippen LogP contribution in [-0.4, -0.2) is 65.4 Å². The number of hydrogen-bond acceptors (Lipinski definition) is 9.